The molecule has 0 radical (unpaired) electrons. The third-order valence-electron chi connectivity index (χ3n) is 3.16. The van der Waals surface area contributed by atoms with Crippen LogP contribution in [0.3, 0.4) is 0 Å². The molecule has 0 saturated heterocycles. The van der Waals surface area contributed by atoms with Crippen molar-refractivity contribution in [1.29, 1.82) is 0 Å². The Morgan fingerprint density at radius 2 is 2.00 bits per heavy atom. The Bertz CT molecular complexity index is 538. The van der Waals surface area contributed by atoms with Crippen molar-refractivity contribution < 1.29 is 8.42 Å². The number of nitrogens with one attached hydrogen (secondary N) is 2. The van der Waals surface area contributed by atoms with Gasteiger partial charge in [0.1, 0.15) is 0 Å². The molecule has 1 atom stereocenters. The zero-order valence-corrected chi connectivity index (χ0v) is 11.2. The molecule has 0 aliphatic carbocycles. The van der Waals surface area contributed by atoms with Crippen molar-refractivity contribution in [2.24, 2.45) is 0 Å². The molecule has 0 amide bonds. The molecule has 1 heterocycles. The van der Waals surface area contributed by atoms with E-state index in [1.165, 1.54) is 0 Å². The monoisotopic (exact) mass is 254 g/mol. The summed E-state index contributed by atoms with van der Waals surface area (Å²) in [5, 5.41) is 6.28. The van der Waals surface area contributed by atoms with Gasteiger partial charge in [-0.25, -0.2) is 8.42 Å². The highest BCUT2D eigenvalue weighted by molar-refractivity contribution is 7.91. The first-order valence-corrected chi connectivity index (χ1v) is 7.34. The molecular weight excluding hydrogens is 236 g/mol. The lowest BCUT2D eigenvalue weighted by Gasteiger charge is -2.27. The van der Waals surface area contributed by atoms with Crippen LogP contribution in [0.15, 0.2) is 17.0 Å². The van der Waals surface area contributed by atoms with Gasteiger partial charge >= 0.3 is 0 Å². The number of anilines is 1. The van der Waals surface area contributed by atoms with E-state index in [2.05, 4.69) is 10.6 Å². The minimum atomic E-state index is -3.16. The largest absolute Gasteiger partial charge is 0.379 e. The lowest BCUT2D eigenvalue weighted by Crippen LogP contribution is -2.40. The first-order valence-electron chi connectivity index (χ1n) is 5.69. The highest BCUT2D eigenvalue weighted by Gasteiger charge is 2.29. The van der Waals surface area contributed by atoms with Gasteiger partial charge in [-0.2, -0.15) is 0 Å². The summed E-state index contributed by atoms with van der Waals surface area (Å²) < 4.78 is 24.3. The van der Waals surface area contributed by atoms with Crippen molar-refractivity contribution in [1.82, 2.24) is 5.32 Å². The minimum Gasteiger partial charge on any atom is -0.379 e. The lowest BCUT2D eigenvalue weighted by molar-refractivity contribution is 0.580. The summed E-state index contributed by atoms with van der Waals surface area (Å²) in [6.45, 7) is 4.57. The standard InChI is InChI=1S/C12H18N2O2S/c1-8-4-11-12(5-9(8)2)17(15,16)7-10(14-11)6-13-3/h4-5,10,13-14H,6-7H2,1-3H3. The van der Waals surface area contributed by atoms with Crippen molar-refractivity contribution in [2.45, 2.75) is 24.8 Å². The molecule has 0 spiro atoms. The van der Waals surface area contributed by atoms with Crippen molar-refractivity contribution in [3.8, 4) is 0 Å². The lowest BCUT2D eigenvalue weighted by atomic mass is 10.1. The molecule has 1 unspecified atom stereocenters. The zero-order valence-electron chi connectivity index (χ0n) is 10.4. The Kier molecular flexibility index (Phi) is 3.14. The summed E-state index contributed by atoms with van der Waals surface area (Å²) >= 11 is 0. The predicted molar refractivity (Wildman–Crippen MR) is 69.3 cm³/mol. The minimum absolute atomic E-state index is 0.0559. The molecule has 4 nitrogen and oxygen atoms in total. The molecule has 1 aliphatic rings. The van der Waals surface area contributed by atoms with Gasteiger partial charge in [-0.1, -0.05) is 0 Å². The Labute approximate surface area is 102 Å². The maximum atomic E-state index is 12.2. The van der Waals surface area contributed by atoms with Crippen LogP contribution in [0.5, 0.6) is 0 Å². The molecule has 5 heteroatoms. The molecule has 0 bridgehead atoms. The quantitative estimate of drug-likeness (QED) is 0.829. The maximum Gasteiger partial charge on any atom is 0.182 e. The van der Waals surface area contributed by atoms with Gasteiger partial charge in [0.05, 0.1) is 22.4 Å². The number of hydrogen-bond donors (Lipinski definition) is 2. The van der Waals surface area contributed by atoms with Crippen LogP contribution >= 0.6 is 0 Å². The van der Waals surface area contributed by atoms with Gasteiger partial charge < -0.3 is 10.6 Å². The topological polar surface area (TPSA) is 58.2 Å². The van der Waals surface area contributed by atoms with Gasteiger partial charge in [0, 0.05) is 6.54 Å². The molecule has 1 aliphatic heterocycles. The summed E-state index contributed by atoms with van der Waals surface area (Å²) in [7, 11) is -1.33. The van der Waals surface area contributed by atoms with Gasteiger partial charge in [0.15, 0.2) is 9.84 Å². The van der Waals surface area contributed by atoms with Gasteiger partial charge in [-0.05, 0) is 44.2 Å². The molecule has 94 valence electrons. The molecule has 0 aromatic heterocycles. The second-order valence-electron chi connectivity index (χ2n) is 4.61. The molecule has 2 rings (SSSR count). The van der Waals surface area contributed by atoms with Crippen LogP contribution in [-0.4, -0.2) is 33.8 Å². The van der Waals surface area contributed by atoms with Crippen LogP contribution < -0.4 is 10.6 Å². The third-order valence-corrected chi connectivity index (χ3v) is 5.01. The van der Waals surface area contributed by atoms with Crippen LogP contribution in [0.4, 0.5) is 5.69 Å². The molecule has 1 aromatic rings. The van der Waals surface area contributed by atoms with Crippen LogP contribution in [0.1, 0.15) is 11.1 Å². The van der Waals surface area contributed by atoms with E-state index < -0.39 is 9.84 Å². The number of benzene rings is 1. The molecule has 17 heavy (non-hydrogen) atoms. The third kappa shape index (κ3) is 2.30. The maximum absolute atomic E-state index is 12.2. The number of rotatable bonds is 2. The smallest absolute Gasteiger partial charge is 0.182 e. The predicted octanol–water partition coefficient (Wildman–Crippen LogP) is 1.09. The number of sulfone groups is 1. The first kappa shape index (κ1) is 12.4. The second kappa shape index (κ2) is 4.31. The van der Waals surface area contributed by atoms with E-state index in [9.17, 15) is 8.42 Å². The fourth-order valence-corrected chi connectivity index (χ4v) is 3.85. The van der Waals surface area contributed by atoms with Crippen molar-refractivity contribution in [2.75, 3.05) is 24.7 Å². The average molecular weight is 254 g/mol. The van der Waals surface area contributed by atoms with Gasteiger partial charge in [-0.3, -0.25) is 0 Å². The highest BCUT2D eigenvalue weighted by Crippen LogP contribution is 2.30. The van der Waals surface area contributed by atoms with Crippen molar-refractivity contribution in [3.05, 3.63) is 23.3 Å². The molecule has 1 aromatic carbocycles. The highest BCUT2D eigenvalue weighted by atomic mass is 32.2. The summed E-state index contributed by atoms with van der Waals surface area (Å²) in [5.74, 6) is 0.156. The fourth-order valence-electron chi connectivity index (χ4n) is 2.13. The number of fused-ring (bicyclic) bond motifs is 1. The van der Waals surface area contributed by atoms with Gasteiger partial charge in [0.25, 0.3) is 0 Å². The number of aryl methyl sites for hydroxylation is 2. The van der Waals surface area contributed by atoms with E-state index in [0.717, 1.165) is 16.8 Å². The summed E-state index contributed by atoms with van der Waals surface area (Å²) in [6.07, 6.45) is 0. The van der Waals surface area contributed by atoms with E-state index in [1.54, 1.807) is 6.07 Å². The van der Waals surface area contributed by atoms with E-state index in [-0.39, 0.29) is 11.8 Å². The van der Waals surface area contributed by atoms with E-state index in [0.29, 0.717) is 11.4 Å². The zero-order chi connectivity index (χ0) is 12.6. The normalized spacial score (nSPS) is 21.7. The number of hydrogen-bond acceptors (Lipinski definition) is 4. The van der Waals surface area contributed by atoms with Gasteiger partial charge in [0.2, 0.25) is 0 Å². The van der Waals surface area contributed by atoms with Gasteiger partial charge in [-0.15, -0.1) is 0 Å². The Morgan fingerprint density at radius 1 is 1.35 bits per heavy atom. The average Bonchev–Trinajstić information content (AvgIpc) is 2.21. The van der Waals surface area contributed by atoms with E-state index >= 15 is 0 Å². The fraction of sp³-hybridized carbons (Fsp3) is 0.500. The Balaban J connectivity index is 2.49. The van der Waals surface area contributed by atoms with Crippen molar-refractivity contribution in [3.63, 3.8) is 0 Å². The summed E-state index contributed by atoms with van der Waals surface area (Å²) in [6, 6.07) is 3.63. The summed E-state index contributed by atoms with van der Waals surface area (Å²) in [4.78, 5) is 0.438. The molecular formula is C12H18N2O2S. The Morgan fingerprint density at radius 3 is 2.65 bits per heavy atom. The molecule has 0 fully saturated rings. The van der Waals surface area contributed by atoms with E-state index in [1.807, 2.05) is 27.0 Å². The summed E-state index contributed by atoms with van der Waals surface area (Å²) in [5.41, 5.74) is 2.86. The SMILES string of the molecule is CNCC1CS(=O)(=O)c2cc(C)c(C)cc2N1. The van der Waals surface area contributed by atoms with Crippen LogP contribution in [-0.2, 0) is 9.84 Å². The van der Waals surface area contributed by atoms with Crippen LogP contribution in [0, 0.1) is 13.8 Å². The first-order chi connectivity index (χ1) is 7.94. The van der Waals surface area contributed by atoms with Crippen molar-refractivity contribution >= 4 is 15.5 Å². The Hall–Kier alpha value is -1.07. The van der Waals surface area contributed by atoms with E-state index in [4.69, 9.17) is 0 Å². The molecule has 0 saturated carbocycles. The number of likely N-dealkylation sites (N-methyl/N-ethyl adjacent to an activating group) is 1. The van der Waals surface area contributed by atoms with Crippen LogP contribution in [0.25, 0.3) is 0 Å². The van der Waals surface area contributed by atoms with Crippen LogP contribution in [0.2, 0.25) is 0 Å². The second-order valence-corrected chi connectivity index (χ2v) is 6.62. The molecule has 2 N–H and O–H groups in total.